The summed E-state index contributed by atoms with van der Waals surface area (Å²) in [5.74, 6) is -0.600. The largest absolute Gasteiger partial charge is 0.478 e. The van der Waals surface area contributed by atoms with Gasteiger partial charge in [-0.25, -0.2) is 9.78 Å². The normalized spacial score (nSPS) is 14.3. The van der Waals surface area contributed by atoms with Gasteiger partial charge in [-0.2, -0.15) is 0 Å². The van der Waals surface area contributed by atoms with Crippen LogP contribution in [0.1, 0.15) is 36.3 Å². The number of aromatic nitrogens is 1. The zero-order chi connectivity index (χ0) is 22.0. The lowest BCUT2D eigenvalue weighted by molar-refractivity contribution is -0.152. The second-order valence-corrected chi connectivity index (χ2v) is 8.07. The standard InChI is InChI=1S/C25H24N2O4/c1-25(2,24(29)30)31-20-8-5-7-19(16-20)17-12-14-27(15-13-17)23(28)22-11-10-18-6-3-4-9-21(18)26-22/h3-12,16H,13-15H2,1-2H3,(H,29,30). The lowest BCUT2D eigenvalue weighted by Crippen LogP contribution is -2.37. The topological polar surface area (TPSA) is 79.7 Å². The third-order valence-electron chi connectivity index (χ3n) is 5.41. The quantitative estimate of drug-likeness (QED) is 0.667. The lowest BCUT2D eigenvalue weighted by Gasteiger charge is -2.27. The molecule has 0 fully saturated rings. The number of pyridine rings is 1. The summed E-state index contributed by atoms with van der Waals surface area (Å²) in [5, 5.41) is 10.3. The molecule has 0 saturated carbocycles. The Bertz CT molecular complexity index is 1180. The summed E-state index contributed by atoms with van der Waals surface area (Å²) >= 11 is 0. The SMILES string of the molecule is CC(C)(Oc1cccc(C2=CCN(C(=O)c3ccc4ccccc4n3)CC2)c1)C(=O)O. The van der Waals surface area contributed by atoms with E-state index < -0.39 is 11.6 Å². The molecular weight excluding hydrogens is 392 g/mol. The number of ether oxygens (including phenoxy) is 1. The number of carboxylic acids is 1. The first-order valence-electron chi connectivity index (χ1n) is 10.2. The summed E-state index contributed by atoms with van der Waals surface area (Å²) in [7, 11) is 0. The van der Waals surface area contributed by atoms with Crippen molar-refractivity contribution in [2.75, 3.05) is 13.1 Å². The minimum atomic E-state index is -1.31. The summed E-state index contributed by atoms with van der Waals surface area (Å²) < 4.78 is 5.65. The van der Waals surface area contributed by atoms with Crippen LogP contribution in [-0.2, 0) is 4.79 Å². The molecule has 1 amide bonds. The number of benzene rings is 2. The van der Waals surface area contributed by atoms with Crippen molar-refractivity contribution in [3.05, 3.63) is 78.0 Å². The molecular formula is C25H24N2O4. The van der Waals surface area contributed by atoms with Crippen molar-refractivity contribution < 1.29 is 19.4 Å². The number of carbonyl (C=O) groups is 2. The van der Waals surface area contributed by atoms with E-state index in [1.54, 1.807) is 17.0 Å². The van der Waals surface area contributed by atoms with Crippen LogP contribution in [0.3, 0.4) is 0 Å². The van der Waals surface area contributed by atoms with Crippen molar-refractivity contribution >= 4 is 28.4 Å². The van der Waals surface area contributed by atoms with Crippen LogP contribution in [0.4, 0.5) is 0 Å². The molecule has 0 radical (unpaired) electrons. The van der Waals surface area contributed by atoms with Crippen LogP contribution >= 0.6 is 0 Å². The molecule has 2 aromatic carbocycles. The number of para-hydroxylation sites is 1. The van der Waals surface area contributed by atoms with Crippen molar-refractivity contribution in [2.24, 2.45) is 0 Å². The summed E-state index contributed by atoms with van der Waals surface area (Å²) in [4.78, 5) is 30.5. The van der Waals surface area contributed by atoms with E-state index in [2.05, 4.69) is 4.98 Å². The maximum Gasteiger partial charge on any atom is 0.347 e. The van der Waals surface area contributed by atoms with Gasteiger partial charge in [0, 0.05) is 18.5 Å². The van der Waals surface area contributed by atoms with Crippen LogP contribution in [-0.4, -0.2) is 45.6 Å². The Morgan fingerprint density at radius 3 is 2.61 bits per heavy atom. The molecule has 0 spiro atoms. The van der Waals surface area contributed by atoms with Gasteiger partial charge in [0.2, 0.25) is 0 Å². The van der Waals surface area contributed by atoms with Crippen molar-refractivity contribution in [3.63, 3.8) is 0 Å². The third-order valence-corrected chi connectivity index (χ3v) is 5.41. The molecule has 1 aliphatic rings. The van der Waals surface area contributed by atoms with Crippen LogP contribution in [0, 0.1) is 0 Å². The molecule has 31 heavy (non-hydrogen) atoms. The Balaban J connectivity index is 1.48. The van der Waals surface area contributed by atoms with Gasteiger partial charge in [-0.3, -0.25) is 4.79 Å². The molecule has 6 heteroatoms. The first-order valence-corrected chi connectivity index (χ1v) is 10.2. The van der Waals surface area contributed by atoms with Gasteiger partial charge in [0.1, 0.15) is 11.4 Å². The minimum absolute atomic E-state index is 0.0821. The molecule has 0 atom stereocenters. The maximum atomic E-state index is 12.9. The number of nitrogens with zero attached hydrogens (tertiary/aromatic N) is 2. The number of carboxylic acid groups (broad SMARTS) is 1. The number of hydrogen-bond acceptors (Lipinski definition) is 4. The molecule has 2 heterocycles. The fourth-order valence-electron chi connectivity index (χ4n) is 3.56. The van der Waals surface area contributed by atoms with E-state index >= 15 is 0 Å². The number of aliphatic carboxylic acids is 1. The molecule has 0 saturated heterocycles. The maximum absolute atomic E-state index is 12.9. The highest BCUT2D eigenvalue weighted by atomic mass is 16.5. The average molecular weight is 416 g/mol. The van der Waals surface area contributed by atoms with Gasteiger partial charge in [0.15, 0.2) is 5.60 Å². The highest BCUT2D eigenvalue weighted by Crippen LogP contribution is 2.28. The van der Waals surface area contributed by atoms with E-state index in [1.807, 2.05) is 54.6 Å². The van der Waals surface area contributed by atoms with Gasteiger partial charge >= 0.3 is 5.97 Å². The fraction of sp³-hybridized carbons (Fsp3) is 0.240. The van der Waals surface area contributed by atoms with E-state index in [9.17, 15) is 14.7 Å². The van der Waals surface area contributed by atoms with E-state index in [4.69, 9.17) is 4.74 Å². The van der Waals surface area contributed by atoms with Crippen LogP contribution in [0.25, 0.3) is 16.5 Å². The molecule has 6 nitrogen and oxygen atoms in total. The minimum Gasteiger partial charge on any atom is -0.478 e. The Morgan fingerprint density at radius 2 is 1.87 bits per heavy atom. The van der Waals surface area contributed by atoms with Gasteiger partial charge in [0.25, 0.3) is 5.91 Å². The molecule has 0 aliphatic carbocycles. The number of fused-ring (bicyclic) bond motifs is 1. The lowest BCUT2D eigenvalue weighted by atomic mass is 9.99. The van der Waals surface area contributed by atoms with E-state index in [1.165, 1.54) is 13.8 Å². The van der Waals surface area contributed by atoms with Gasteiger partial charge in [-0.15, -0.1) is 0 Å². The van der Waals surface area contributed by atoms with Crippen molar-refractivity contribution in [2.45, 2.75) is 25.9 Å². The number of amides is 1. The predicted octanol–water partition coefficient (Wildman–Crippen LogP) is 4.41. The second-order valence-electron chi connectivity index (χ2n) is 8.07. The number of rotatable bonds is 5. The third kappa shape index (κ3) is 4.43. The molecule has 1 aliphatic heterocycles. The summed E-state index contributed by atoms with van der Waals surface area (Å²) in [6, 6.07) is 18.8. The van der Waals surface area contributed by atoms with Crippen LogP contribution < -0.4 is 4.74 Å². The van der Waals surface area contributed by atoms with E-state index in [-0.39, 0.29) is 5.91 Å². The molecule has 0 unspecified atom stereocenters. The van der Waals surface area contributed by atoms with Crippen LogP contribution in [0.2, 0.25) is 0 Å². The highest BCUT2D eigenvalue weighted by molar-refractivity contribution is 5.95. The first kappa shape index (κ1) is 20.6. The fourth-order valence-corrected chi connectivity index (χ4v) is 3.56. The molecule has 158 valence electrons. The molecule has 1 N–H and O–H groups in total. The van der Waals surface area contributed by atoms with Crippen molar-refractivity contribution in [1.29, 1.82) is 0 Å². The first-order chi connectivity index (χ1) is 14.8. The van der Waals surface area contributed by atoms with E-state index in [0.717, 1.165) is 22.0 Å². The summed E-state index contributed by atoms with van der Waals surface area (Å²) in [6.07, 6.45) is 2.73. The van der Waals surface area contributed by atoms with Crippen molar-refractivity contribution in [3.8, 4) is 5.75 Å². The second kappa shape index (κ2) is 8.22. The van der Waals surface area contributed by atoms with Gasteiger partial charge < -0.3 is 14.7 Å². The number of hydrogen-bond donors (Lipinski definition) is 1. The summed E-state index contributed by atoms with van der Waals surface area (Å²) in [5.41, 5.74) is 2.02. The Kier molecular flexibility index (Phi) is 5.46. The van der Waals surface area contributed by atoms with Gasteiger partial charge in [0.05, 0.1) is 5.52 Å². The molecule has 0 bridgehead atoms. The van der Waals surface area contributed by atoms with Gasteiger partial charge in [-0.05, 0) is 55.7 Å². The van der Waals surface area contributed by atoms with Crippen LogP contribution in [0.15, 0.2) is 66.7 Å². The Morgan fingerprint density at radius 1 is 1.06 bits per heavy atom. The van der Waals surface area contributed by atoms with Crippen molar-refractivity contribution in [1.82, 2.24) is 9.88 Å². The predicted molar refractivity (Wildman–Crippen MR) is 119 cm³/mol. The van der Waals surface area contributed by atoms with E-state index in [0.29, 0.717) is 31.0 Å². The van der Waals surface area contributed by atoms with Crippen LogP contribution in [0.5, 0.6) is 5.75 Å². The molecule has 1 aromatic heterocycles. The average Bonchev–Trinajstić information content (AvgIpc) is 2.78. The zero-order valence-corrected chi connectivity index (χ0v) is 17.5. The molecule has 4 rings (SSSR count). The van der Waals surface area contributed by atoms with Gasteiger partial charge in [-0.1, -0.05) is 42.5 Å². The zero-order valence-electron chi connectivity index (χ0n) is 17.5. The molecule has 3 aromatic rings. The monoisotopic (exact) mass is 416 g/mol. The highest BCUT2D eigenvalue weighted by Gasteiger charge is 2.29. The Hall–Kier alpha value is -3.67. The summed E-state index contributed by atoms with van der Waals surface area (Å²) in [6.45, 7) is 4.12. The number of carbonyl (C=O) groups excluding carboxylic acids is 1. The Labute approximate surface area is 180 Å². The smallest absolute Gasteiger partial charge is 0.347 e.